The van der Waals surface area contributed by atoms with Gasteiger partial charge in [-0.15, -0.1) is 11.6 Å². The Bertz CT molecular complexity index is 532. The van der Waals surface area contributed by atoms with Crippen molar-refractivity contribution in [1.82, 2.24) is 0 Å². The van der Waals surface area contributed by atoms with Crippen LogP contribution in [-0.4, -0.2) is 0 Å². The van der Waals surface area contributed by atoms with Gasteiger partial charge in [-0.25, -0.2) is 4.39 Å². The fourth-order valence-corrected chi connectivity index (χ4v) is 2.47. The van der Waals surface area contributed by atoms with E-state index in [1.54, 1.807) is 30.3 Å². The van der Waals surface area contributed by atoms with Gasteiger partial charge in [0.25, 0.3) is 0 Å². The minimum absolute atomic E-state index is 0.103. The van der Waals surface area contributed by atoms with E-state index < -0.39 is 0 Å². The monoisotopic (exact) mass is 288 g/mol. The summed E-state index contributed by atoms with van der Waals surface area (Å²) in [4.78, 5) is 0. The molecule has 0 saturated heterocycles. The Morgan fingerprint density at radius 2 is 1.65 bits per heavy atom. The molecule has 0 aliphatic rings. The molecule has 88 valence electrons. The quantitative estimate of drug-likeness (QED) is 0.637. The topological polar surface area (TPSA) is 0 Å². The van der Waals surface area contributed by atoms with Crippen LogP contribution in [0.3, 0.4) is 0 Å². The Morgan fingerprint density at radius 1 is 1.00 bits per heavy atom. The van der Waals surface area contributed by atoms with Gasteiger partial charge in [0.05, 0.1) is 5.88 Å². The molecule has 0 unspecified atom stereocenters. The van der Waals surface area contributed by atoms with Crippen molar-refractivity contribution >= 4 is 34.8 Å². The zero-order valence-electron chi connectivity index (χ0n) is 8.68. The smallest absolute Gasteiger partial charge is 0.128 e. The highest BCUT2D eigenvalue weighted by Gasteiger charge is 2.10. The average Bonchev–Trinajstić information content (AvgIpc) is 2.27. The van der Waals surface area contributed by atoms with Gasteiger partial charge >= 0.3 is 0 Å². The summed E-state index contributed by atoms with van der Waals surface area (Å²) in [7, 11) is 0. The van der Waals surface area contributed by atoms with Gasteiger partial charge in [-0.2, -0.15) is 0 Å². The van der Waals surface area contributed by atoms with Gasteiger partial charge in [0.15, 0.2) is 0 Å². The minimum Gasteiger partial charge on any atom is -0.207 e. The van der Waals surface area contributed by atoms with Crippen LogP contribution in [0.1, 0.15) is 5.56 Å². The van der Waals surface area contributed by atoms with E-state index in [9.17, 15) is 4.39 Å². The highest BCUT2D eigenvalue weighted by molar-refractivity contribution is 6.35. The lowest BCUT2D eigenvalue weighted by molar-refractivity contribution is 0.617. The van der Waals surface area contributed by atoms with Crippen molar-refractivity contribution in [2.75, 3.05) is 0 Å². The molecule has 2 aromatic rings. The second kappa shape index (κ2) is 5.26. The molecule has 17 heavy (non-hydrogen) atoms. The molecule has 0 saturated carbocycles. The number of rotatable bonds is 2. The fraction of sp³-hybridized carbons (Fsp3) is 0.0769. The molecule has 0 amide bonds. The van der Waals surface area contributed by atoms with Crippen LogP contribution in [0.4, 0.5) is 4.39 Å². The van der Waals surface area contributed by atoms with E-state index in [4.69, 9.17) is 34.8 Å². The molecule has 0 heterocycles. The maximum Gasteiger partial charge on any atom is 0.128 e. The summed E-state index contributed by atoms with van der Waals surface area (Å²) < 4.78 is 13.6. The second-order valence-electron chi connectivity index (χ2n) is 3.56. The third-order valence-corrected chi connectivity index (χ3v) is 3.13. The summed E-state index contributed by atoms with van der Waals surface area (Å²) in [6.07, 6.45) is 0. The standard InChI is InChI=1S/C13H8Cl3F/c14-7-12-11(2-1-3-13(12)17)8-4-9(15)6-10(16)5-8/h1-6H,7H2. The Morgan fingerprint density at radius 3 is 2.24 bits per heavy atom. The summed E-state index contributed by atoms with van der Waals surface area (Å²) in [6, 6.07) is 9.91. The van der Waals surface area contributed by atoms with Crippen LogP contribution < -0.4 is 0 Å². The lowest BCUT2D eigenvalue weighted by atomic mass is 10.0. The normalized spacial score (nSPS) is 10.6. The second-order valence-corrected chi connectivity index (χ2v) is 4.70. The van der Waals surface area contributed by atoms with Crippen LogP contribution in [0, 0.1) is 5.82 Å². The van der Waals surface area contributed by atoms with Crippen molar-refractivity contribution < 1.29 is 4.39 Å². The largest absolute Gasteiger partial charge is 0.207 e. The molecule has 2 rings (SSSR count). The number of hydrogen-bond donors (Lipinski definition) is 0. The van der Waals surface area contributed by atoms with Crippen LogP contribution in [-0.2, 0) is 5.88 Å². The van der Waals surface area contributed by atoms with Crippen LogP contribution in [0.25, 0.3) is 11.1 Å². The highest BCUT2D eigenvalue weighted by Crippen LogP contribution is 2.31. The maximum atomic E-state index is 13.6. The third-order valence-electron chi connectivity index (χ3n) is 2.43. The SMILES string of the molecule is Fc1cccc(-c2cc(Cl)cc(Cl)c2)c1CCl. The van der Waals surface area contributed by atoms with Gasteiger partial charge in [-0.05, 0) is 35.4 Å². The predicted octanol–water partition coefficient (Wildman–Crippen LogP) is 5.54. The van der Waals surface area contributed by atoms with Crippen LogP contribution in [0.15, 0.2) is 36.4 Å². The van der Waals surface area contributed by atoms with Crippen molar-refractivity contribution in [3.8, 4) is 11.1 Å². The molecule has 2 aromatic carbocycles. The highest BCUT2D eigenvalue weighted by atomic mass is 35.5. The lowest BCUT2D eigenvalue weighted by Crippen LogP contribution is -1.91. The third kappa shape index (κ3) is 2.74. The minimum atomic E-state index is -0.325. The first-order valence-electron chi connectivity index (χ1n) is 4.91. The van der Waals surface area contributed by atoms with Crippen LogP contribution >= 0.6 is 34.8 Å². The molecule has 4 heteroatoms. The molecule has 0 nitrogen and oxygen atoms in total. The van der Waals surface area contributed by atoms with E-state index in [1.807, 2.05) is 0 Å². The molecule has 0 spiro atoms. The first-order chi connectivity index (χ1) is 8.11. The van der Waals surface area contributed by atoms with Crippen molar-refractivity contribution in [1.29, 1.82) is 0 Å². The van der Waals surface area contributed by atoms with E-state index >= 15 is 0 Å². The van der Waals surface area contributed by atoms with E-state index in [2.05, 4.69) is 0 Å². The van der Waals surface area contributed by atoms with Gasteiger partial charge in [-0.3, -0.25) is 0 Å². The molecular weight excluding hydrogens is 282 g/mol. The van der Waals surface area contributed by atoms with E-state index in [-0.39, 0.29) is 11.7 Å². The van der Waals surface area contributed by atoms with E-state index in [0.29, 0.717) is 21.2 Å². The average molecular weight is 290 g/mol. The molecule has 0 atom stereocenters. The van der Waals surface area contributed by atoms with Crippen molar-refractivity contribution in [3.63, 3.8) is 0 Å². The Hall–Kier alpha value is -0.760. The van der Waals surface area contributed by atoms with E-state index in [1.165, 1.54) is 6.07 Å². The molecule has 0 radical (unpaired) electrons. The number of alkyl halides is 1. The zero-order chi connectivity index (χ0) is 12.4. The number of hydrogen-bond acceptors (Lipinski definition) is 0. The molecule has 0 aromatic heterocycles. The molecule has 0 aliphatic heterocycles. The van der Waals surface area contributed by atoms with Gasteiger partial charge in [-0.1, -0.05) is 35.3 Å². The Balaban J connectivity index is 2.63. The summed E-state index contributed by atoms with van der Waals surface area (Å²) in [6.45, 7) is 0. The maximum absolute atomic E-state index is 13.6. The van der Waals surface area contributed by atoms with Gasteiger partial charge < -0.3 is 0 Å². The van der Waals surface area contributed by atoms with Crippen molar-refractivity contribution in [3.05, 3.63) is 57.8 Å². The first kappa shape index (κ1) is 12.7. The molecular formula is C13H8Cl3F. The fourth-order valence-electron chi connectivity index (χ4n) is 1.67. The number of benzene rings is 2. The van der Waals surface area contributed by atoms with Gasteiger partial charge in [0, 0.05) is 15.6 Å². The molecule has 0 N–H and O–H groups in total. The van der Waals surface area contributed by atoms with E-state index in [0.717, 1.165) is 5.56 Å². The summed E-state index contributed by atoms with van der Waals surface area (Å²) in [5.74, 6) is -0.222. The van der Waals surface area contributed by atoms with Crippen LogP contribution in [0.2, 0.25) is 10.0 Å². The Kier molecular flexibility index (Phi) is 3.93. The predicted molar refractivity (Wildman–Crippen MR) is 71.4 cm³/mol. The summed E-state index contributed by atoms with van der Waals surface area (Å²) in [5.41, 5.74) is 1.93. The first-order valence-corrected chi connectivity index (χ1v) is 6.20. The summed E-state index contributed by atoms with van der Waals surface area (Å²) in [5, 5.41) is 1.02. The van der Waals surface area contributed by atoms with Gasteiger partial charge in [0.1, 0.15) is 5.82 Å². The molecule has 0 fully saturated rings. The van der Waals surface area contributed by atoms with Crippen molar-refractivity contribution in [2.45, 2.75) is 5.88 Å². The zero-order valence-corrected chi connectivity index (χ0v) is 11.0. The van der Waals surface area contributed by atoms with Crippen molar-refractivity contribution in [2.24, 2.45) is 0 Å². The number of halogens is 4. The van der Waals surface area contributed by atoms with Crippen LogP contribution in [0.5, 0.6) is 0 Å². The van der Waals surface area contributed by atoms with Gasteiger partial charge in [0.2, 0.25) is 0 Å². The molecule has 0 bridgehead atoms. The summed E-state index contributed by atoms with van der Waals surface area (Å²) >= 11 is 17.6. The molecule has 0 aliphatic carbocycles. The Labute approximate surface area is 114 Å². The lowest BCUT2D eigenvalue weighted by Gasteiger charge is -2.09.